The van der Waals surface area contributed by atoms with Gasteiger partial charge >= 0.3 is 0 Å². The summed E-state index contributed by atoms with van der Waals surface area (Å²) in [5.74, 6) is -0.0746. The first-order valence-corrected chi connectivity index (χ1v) is 8.18. The second-order valence-electron chi connectivity index (χ2n) is 5.43. The molecule has 1 amide bonds. The molecular weight excluding hydrogens is 306 g/mol. The van der Waals surface area contributed by atoms with Crippen LogP contribution >= 0.6 is 11.3 Å². The van der Waals surface area contributed by atoms with Gasteiger partial charge in [0, 0.05) is 5.56 Å². The molecule has 0 aliphatic heterocycles. The average Bonchev–Trinajstić information content (AvgIpc) is 3.00. The summed E-state index contributed by atoms with van der Waals surface area (Å²) >= 11 is 1.38. The minimum atomic E-state index is -0.0746. The van der Waals surface area contributed by atoms with Crippen molar-refractivity contribution in [2.24, 2.45) is 0 Å². The third kappa shape index (κ3) is 3.81. The summed E-state index contributed by atoms with van der Waals surface area (Å²) in [6.07, 6.45) is 0.341. The highest BCUT2D eigenvalue weighted by atomic mass is 32.1. The van der Waals surface area contributed by atoms with Crippen LogP contribution in [-0.4, -0.2) is 16.1 Å². The van der Waals surface area contributed by atoms with Crippen LogP contribution in [0.2, 0.25) is 0 Å². The van der Waals surface area contributed by atoms with E-state index in [1.807, 2.05) is 62.4 Å². The predicted octanol–water partition coefficient (Wildman–Crippen LogP) is 4.00. The number of amides is 1. The standard InChI is InChI=1S/C18H17N3OS/c1-12-8-9-13(2)15(10-12)11-16(22)19-18-21-20-17(23-18)14-6-4-3-5-7-14/h3-10H,11H2,1-2H3,(H,19,21,22). The fraction of sp³-hybridized carbons (Fsp3) is 0.167. The Morgan fingerprint density at radius 2 is 1.87 bits per heavy atom. The summed E-state index contributed by atoms with van der Waals surface area (Å²) in [5.41, 5.74) is 4.31. The predicted molar refractivity (Wildman–Crippen MR) is 93.6 cm³/mol. The lowest BCUT2D eigenvalue weighted by atomic mass is 10.0. The maximum Gasteiger partial charge on any atom is 0.230 e. The highest BCUT2D eigenvalue weighted by molar-refractivity contribution is 7.18. The Bertz CT molecular complexity index is 827. The van der Waals surface area contributed by atoms with Crippen LogP contribution < -0.4 is 5.32 Å². The fourth-order valence-corrected chi connectivity index (χ4v) is 3.06. The number of anilines is 1. The van der Waals surface area contributed by atoms with Crippen LogP contribution in [-0.2, 0) is 11.2 Å². The summed E-state index contributed by atoms with van der Waals surface area (Å²) in [7, 11) is 0. The van der Waals surface area contributed by atoms with Crippen molar-refractivity contribution >= 4 is 22.4 Å². The molecule has 1 aromatic heterocycles. The monoisotopic (exact) mass is 323 g/mol. The lowest BCUT2D eigenvalue weighted by molar-refractivity contribution is -0.115. The van der Waals surface area contributed by atoms with Gasteiger partial charge in [-0.2, -0.15) is 0 Å². The van der Waals surface area contributed by atoms with Crippen LogP contribution in [0.15, 0.2) is 48.5 Å². The molecule has 0 atom stereocenters. The summed E-state index contributed by atoms with van der Waals surface area (Å²) in [4.78, 5) is 12.2. The zero-order chi connectivity index (χ0) is 16.2. The zero-order valence-corrected chi connectivity index (χ0v) is 13.9. The van der Waals surface area contributed by atoms with Crippen LogP contribution in [0.1, 0.15) is 16.7 Å². The van der Waals surface area contributed by atoms with Crippen LogP contribution in [0, 0.1) is 13.8 Å². The Hall–Kier alpha value is -2.53. The molecule has 3 aromatic rings. The van der Waals surface area contributed by atoms with Crippen molar-refractivity contribution in [1.29, 1.82) is 0 Å². The van der Waals surface area contributed by atoms with E-state index in [0.29, 0.717) is 11.6 Å². The Morgan fingerprint density at radius 1 is 1.09 bits per heavy atom. The molecule has 0 bridgehead atoms. The number of carbonyl (C=O) groups is 1. The lowest BCUT2D eigenvalue weighted by Gasteiger charge is -2.06. The molecule has 3 rings (SSSR count). The van der Waals surface area contributed by atoms with Crippen molar-refractivity contribution in [2.45, 2.75) is 20.3 Å². The number of nitrogens with zero attached hydrogens (tertiary/aromatic N) is 2. The van der Waals surface area contributed by atoms with Gasteiger partial charge in [-0.15, -0.1) is 10.2 Å². The minimum absolute atomic E-state index is 0.0746. The minimum Gasteiger partial charge on any atom is -0.300 e. The van der Waals surface area contributed by atoms with Gasteiger partial charge in [0.25, 0.3) is 0 Å². The molecule has 23 heavy (non-hydrogen) atoms. The summed E-state index contributed by atoms with van der Waals surface area (Å²) in [6, 6.07) is 15.9. The van der Waals surface area contributed by atoms with Crippen molar-refractivity contribution < 1.29 is 4.79 Å². The molecule has 0 radical (unpaired) electrons. The summed E-state index contributed by atoms with van der Waals surface area (Å²) < 4.78 is 0. The molecule has 0 saturated carbocycles. The smallest absolute Gasteiger partial charge is 0.230 e. The highest BCUT2D eigenvalue weighted by Crippen LogP contribution is 2.26. The normalized spacial score (nSPS) is 10.5. The molecule has 0 spiro atoms. The van der Waals surface area contributed by atoms with E-state index < -0.39 is 0 Å². The molecule has 1 N–H and O–H groups in total. The van der Waals surface area contributed by atoms with E-state index in [2.05, 4.69) is 15.5 Å². The number of nitrogens with one attached hydrogen (secondary N) is 1. The molecule has 0 saturated heterocycles. The Balaban J connectivity index is 1.69. The summed E-state index contributed by atoms with van der Waals surface area (Å²) in [5, 5.41) is 12.3. The third-order valence-electron chi connectivity index (χ3n) is 3.55. The number of carbonyl (C=O) groups excluding carboxylic acids is 1. The van der Waals surface area contributed by atoms with Gasteiger partial charge in [0.1, 0.15) is 5.01 Å². The van der Waals surface area contributed by atoms with Gasteiger partial charge in [-0.1, -0.05) is 65.4 Å². The molecule has 116 valence electrons. The number of hydrogen-bond acceptors (Lipinski definition) is 4. The van der Waals surface area contributed by atoms with Gasteiger partial charge in [0.2, 0.25) is 11.0 Å². The van der Waals surface area contributed by atoms with Crippen molar-refractivity contribution in [2.75, 3.05) is 5.32 Å². The van der Waals surface area contributed by atoms with Crippen LogP contribution in [0.5, 0.6) is 0 Å². The van der Waals surface area contributed by atoms with E-state index >= 15 is 0 Å². The second-order valence-corrected chi connectivity index (χ2v) is 6.41. The van der Waals surface area contributed by atoms with Crippen molar-refractivity contribution in [3.8, 4) is 10.6 Å². The molecule has 4 nitrogen and oxygen atoms in total. The van der Waals surface area contributed by atoms with Crippen molar-refractivity contribution in [3.63, 3.8) is 0 Å². The van der Waals surface area contributed by atoms with Gasteiger partial charge in [0.05, 0.1) is 6.42 Å². The molecule has 5 heteroatoms. The Labute approximate surface area is 139 Å². The van der Waals surface area contributed by atoms with Crippen molar-refractivity contribution in [1.82, 2.24) is 10.2 Å². The lowest BCUT2D eigenvalue weighted by Crippen LogP contribution is -2.15. The number of aryl methyl sites for hydroxylation is 2. The number of rotatable bonds is 4. The highest BCUT2D eigenvalue weighted by Gasteiger charge is 2.11. The largest absolute Gasteiger partial charge is 0.300 e. The van der Waals surface area contributed by atoms with E-state index in [1.54, 1.807) is 0 Å². The van der Waals surface area contributed by atoms with Gasteiger partial charge in [0.15, 0.2) is 0 Å². The van der Waals surface area contributed by atoms with Gasteiger partial charge in [-0.3, -0.25) is 4.79 Å². The number of benzene rings is 2. The van der Waals surface area contributed by atoms with Crippen molar-refractivity contribution in [3.05, 3.63) is 65.2 Å². The Kier molecular flexibility index (Phi) is 4.48. The van der Waals surface area contributed by atoms with Crippen LogP contribution in [0.3, 0.4) is 0 Å². The average molecular weight is 323 g/mol. The quantitative estimate of drug-likeness (QED) is 0.789. The SMILES string of the molecule is Cc1ccc(C)c(CC(=O)Nc2nnc(-c3ccccc3)s2)c1. The maximum atomic E-state index is 12.2. The van der Waals surface area contributed by atoms with Gasteiger partial charge in [-0.25, -0.2) is 0 Å². The molecule has 2 aromatic carbocycles. The first-order valence-electron chi connectivity index (χ1n) is 7.37. The van der Waals surface area contributed by atoms with E-state index in [9.17, 15) is 4.79 Å². The van der Waals surface area contributed by atoms with E-state index in [4.69, 9.17) is 0 Å². The molecule has 0 aliphatic rings. The topological polar surface area (TPSA) is 54.9 Å². The Morgan fingerprint density at radius 3 is 2.65 bits per heavy atom. The molecule has 0 fully saturated rings. The van der Waals surface area contributed by atoms with E-state index in [0.717, 1.165) is 27.3 Å². The molecule has 1 heterocycles. The fourth-order valence-electron chi connectivity index (χ4n) is 2.30. The molecule has 0 unspecified atom stereocenters. The third-order valence-corrected chi connectivity index (χ3v) is 4.44. The molecule has 0 aliphatic carbocycles. The second kappa shape index (κ2) is 6.71. The van der Waals surface area contributed by atoms with E-state index in [1.165, 1.54) is 11.3 Å². The maximum absolute atomic E-state index is 12.2. The zero-order valence-electron chi connectivity index (χ0n) is 13.0. The number of hydrogen-bond donors (Lipinski definition) is 1. The first-order chi connectivity index (χ1) is 11.1. The summed E-state index contributed by atoms with van der Waals surface area (Å²) in [6.45, 7) is 4.04. The van der Waals surface area contributed by atoms with Crippen LogP contribution in [0.25, 0.3) is 10.6 Å². The van der Waals surface area contributed by atoms with Crippen LogP contribution in [0.4, 0.5) is 5.13 Å². The van der Waals surface area contributed by atoms with Gasteiger partial charge in [-0.05, 0) is 25.0 Å². The van der Waals surface area contributed by atoms with Gasteiger partial charge < -0.3 is 5.32 Å². The number of aromatic nitrogens is 2. The first kappa shape index (κ1) is 15.4. The molecular formula is C18H17N3OS. The van der Waals surface area contributed by atoms with E-state index in [-0.39, 0.29) is 5.91 Å².